The minimum Gasteiger partial charge on any atom is -0.311 e. The number of nitrogens with zero attached hydrogens (tertiary/aromatic N) is 2. The van der Waals surface area contributed by atoms with Crippen molar-refractivity contribution in [1.29, 1.82) is 0 Å². The van der Waals surface area contributed by atoms with Gasteiger partial charge in [-0.2, -0.15) is 0 Å². The summed E-state index contributed by atoms with van der Waals surface area (Å²) in [4.78, 5) is 2.50. The molecular weight excluding hydrogens is 905 g/mol. The SMILES string of the molecule is C1=CC(c2cccc(N(C3=CCCC=C3)c3ccc4c(c3)C(c3ccccc3)(c3ccccc3)c3ccccc3-4)c2)CC(c2ccc3c(c2)c2cc(-c4ccccc4)ccc2n3-c2ccc(-c3ccccc3)cc2)=C1. The Morgan fingerprint density at radius 3 is 1.72 bits per heavy atom. The van der Waals surface area contributed by atoms with E-state index in [2.05, 4.69) is 295 Å². The minimum atomic E-state index is -0.485. The first-order valence-electron chi connectivity index (χ1n) is 26.5. The lowest BCUT2D eigenvalue weighted by Crippen LogP contribution is -2.29. The Labute approximate surface area is 439 Å². The summed E-state index contributed by atoms with van der Waals surface area (Å²) in [6.45, 7) is 0. The van der Waals surface area contributed by atoms with Gasteiger partial charge >= 0.3 is 0 Å². The normalized spacial score (nSPS) is 15.3. The highest BCUT2D eigenvalue weighted by Crippen LogP contribution is 2.57. The number of hydrogen-bond donors (Lipinski definition) is 0. The Kier molecular flexibility index (Phi) is 11.1. The lowest BCUT2D eigenvalue weighted by Gasteiger charge is -2.35. The van der Waals surface area contributed by atoms with Crippen LogP contribution in [0.1, 0.15) is 58.6 Å². The molecule has 14 rings (SSSR count). The van der Waals surface area contributed by atoms with Crippen molar-refractivity contribution in [2.45, 2.75) is 30.6 Å². The van der Waals surface area contributed by atoms with Crippen LogP contribution in [-0.2, 0) is 5.41 Å². The van der Waals surface area contributed by atoms with Crippen LogP contribution in [0.3, 0.4) is 0 Å². The highest BCUT2D eigenvalue weighted by Gasteiger charge is 2.46. The van der Waals surface area contributed by atoms with Gasteiger partial charge in [0.05, 0.1) is 16.4 Å². The van der Waals surface area contributed by atoms with E-state index in [0.29, 0.717) is 0 Å². The third-order valence-corrected chi connectivity index (χ3v) is 16.0. The van der Waals surface area contributed by atoms with Crippen molar-refractivity contribution in [3.05, 3.63) is 324 Å². The second kappa shape index (κ2) is 18.7. The van der Waals surface area contributed by atoms with Crippen LogP contribution >= 0.6 is 0 Å². The molecule has 0 radical (unpaired) electrons. The van der Waals surface area contributed by atoms with Crippen molar-refractivity contribution in [3.8, 4) is 39.1 Å². The molecule has 10 aromatic carbocycles. The van der Waals surface area contributed by atoms with Gasteiger partial charge in [-0.05, 0) is 158 Å². The van der Waals surface area contributed by atoms with E-state index in [-0.39, 0.29) is 5.92 Å². The molecule has 3 aliphatic rings. The molecule has 0 fully saturated rings. The Morgan fingerprint density at radius 1 is 0.440 bits per heavy atom. The van der Waals surface area contributed by atoms with Gasteiger partial charge < -0.3 is 9.47 Å². The summed E-state index contributed by atoms with van der Waals surface area (Å²) in [5.41, 5.74) is 23.1. The van der Waals surface area contributed by atoms with Gasteiger partial charge in [-0.1, -0.05) is 218 Å². The van der Waals surface area contributed by atoms with E-state index in [1.165, 1.54) is 99.8 Å². The zero-order valence-corrected chi connectivity index (χ0v) is 41.7. The van der Waals surface area contributed by atoms with Crippen LogP contribution in [0.5, 0.6) is 0 Å². The lowest BCUT2D eigenvalue weighted by atomic mass is 9.67. The van der Waals surface area contributed by atoms with Gasteiger partial charge in [-0.3, -0.25) is 0 Å². The average molecular weight is 959 g/mol. The Bertz CT molecular complexity index is 4020. The molecule has 0 aliphatic heterocycles. The minimum absolute atomic E-state index is 0.200. The number of rotatable bonds is 10. The molecule has 1 atom stereocenters. The molecule has 11 aromatic rings. The topological polar surface area (TPSA) is 8.17 Å². The Hall–Kier alpha value is -9.24. The summed E-state index contributed by atoms with van der Waals surface area (Å²) in [5.74, 6) is 0.200. The van der Waals surface area contributed by atoms with Crippen molar-refractivity contribution in [1.82, 2.24) is 4.57 Å². The number of benzene rings is 10. The molecule has 2 heteroatoms. The zero-order valence-electron chi connectivity index (χ0n) is 41.7. The van der Waals surface area contributed by atoms with E-state index in [0.717, 1.165) is 36.3 Å². The summed E-state index contributed by atoms with van der Waals surface area (Å²) < 4.78 is 2.44. The summed E-state index contributed by atoms with van der Waals surface area (Å²) >= 11 is 0. The molecule has 356 valence electrons. The van der Waals surface area contributed by atoms with Crippen molar-refractivity contribution in [2.24, 2.45) is 0 Å². The largest absolute Gasteiger partial charge is 0.311 e. The predicted octanol–water partition coefficient (Wildman–Crippen LogP) is 19.0. The van der Waals surface area contributed by atoms with E-state index in [1.54, 1.807) is 0 Å². The van der Waals surface area contributed by atoms with Crippen molar-refractivity contribution in [3.63, 3.8) is 0 Å². The molecule has 2 nitrogen and oxygen atoms in total. The zero-order chi connectivity index (χ0) is 49.7. The fraction of sp³-hybridized carbons (Fsp3) is 0.0685. The van der Waals surface area contributed by atoms with Crippen LogP contribution < -0.4 is 4.90 Å². The maximum Gasteiger partial charge on any atom is 0.0714 e. The molecule has 0 spiro atoms. The molecule has 75 heavy (non-hydrogen) atoms. The van der Waals surface area contributed by atoms with Crippen molar-refractivity contribution >= 4 is 38.8 Å². The third kappa shape index (κ3) is 7.64. The molecule has 1 unspecified atom stereocenters. The Morgan fingerprint density at radius 2 is 1.03 bits per heavy atom. The van der Waals surface area contributed by atoms with Crippen LogP contribution in [0, 0.1) is 0 Å². The van der Waals surface area contributed by atoms with Crippen LogP contribution in [0.25, 0.3) is 66.4 Å². The third-order valence-electron chi connectivity index (χ3n) is 16.0. The molecule has 0 saturated carbocycles. The highest BCUT2D eigenvalue weighted by molar-refractivity contribution is 6.11. The quantitative estimate of drug-likeness (QED) is 0.133. The fourth-order valence-electron chi connectivity index (χ4n) is 12.5. The molecule has 3 aliphatic carbocycles. The first-order chi connectivity index (χ1) is 37.2. The maximum absolute atomic E-state index is 2.50. The van der Waals surface area contributed by atoms with Gasteiger partial charge in [-0.25, -0.2) is 0 Å². The summed E-state index contributed by atoms with van der Waals surface area (Å²) in [5, 5.41) is 2.51. The summed E-state index contributed by atoms with van der Waals surface area (Å²) in [6, 6.07) is 92.3. The van der Waals surface area contributed by atoms with Gasteiger partial charge in [0.15, 0.2) is 0 Å². The number of allylic oxidation sites excluding steroid dienone is 7. The number of anilines is 2. The molecule has 0 N–H and O–H groups in total. The maximum atomic E-state index is 2.50. The highest BCUT2D eigenvalue weighted by atomic mass is 15.1. The van der Waals surface area contributed by atoms with Gasteiger partial charge in [0.25, 0.3) is 0 Å². The first kappa shape index (κ1) is 44.5. The van der Waals surface area contributed by atoms with E-state index in [4.69, 9.17) is 0 Å². The Balaban J connectivity index is 0.838. The predicted molar refractivity (Wildman–Crippen MR) is 315 cm³/mol. The molecule has 1 aromatic heterocycles. The second-order valence-electron chi connectivity index (χ2n) is 20.3. The van der Waals surface area contributed by atoms with Crippen LogP contribution in [-0.4, -0.2) is 4.57 Å². The van der Waals surface area contributed by atoms with E-state index in [1.807, 2.05) is 0 Å². The fourth-order valence-corrected chi connectivity index (χ4v) is 12.5. The van der Waals surface area contributed by atoms with Gasteiger partial charge in [0, 0.05) is 39.4 Å². The average Bonchev–Trinajstić information content (AvgIpc) is 4.02. The summed E-state index contributed by atoms with van der Waals surface area (Å²) in [6.07, 6.45) is 17.0. The standard InChI is InChI=1S/C73H54N2/c1-6-20-51(21-7-1)53-36-40-62(41-37-53)75-71-44-38-57(52-22-8-2-9-23-52)48-67(71)68-49-58(39-45-72(68)75)55-25-18-24-54(46-55)56-26-19-33-63(47-56)74(61-31-14-5-15-32-61)64-42-43-66-65-34-16-17-35-69(65)73(70(66)50-64,59-27-10-3-11-28-59)60-29-12-4-13-30-60/h1-4,6-14,16-45,47-50,54H,5,15,46H2. The van der Waals surface area contributed by atoms with Gasteiger partial charge in [0.2, 0.25) is 0 Å². The molecule has 1 heterocycles. The lowest BCUT2D eigenvalue weighted by molar-refractivity contribution is 0.768. The smallest absolute Gasteiger partial charge is 0.0714 e. The number of aromatic nitrogens is 1. The summed E-state index contributed by atoms with van der Waals surface area (Å²) in [7, 11) is 0. The second-order valence-corrected chi connectivity index (χ2v) is 20.3. The van der Waals surface area contributed by atoms with Gasteiger partial charge in [-0.15, -0.1) is 0 Å². The van der Waals surface area contributed by atoms with Crippen LogP contribution in [0.15, 0.2) is 291 Å². The molecular formula is C73H54N2. The van der Waals surface area contributed by atoms with E-state index >= 15 is 0 Å². The van der Waals surface area contributed by atoms with Crippen LogP contribution in [0.2, 0.25) is 0 Å². The van der Waals surface area contributed by atoms with Crippen molar-refractivity contribution < 1.29 is 0 Å². The molecule has 0 amide bonds. The van der Waals surface area contributed by atoms with E-state index in [9.17, 15) is 0 Å². The molecule has 0 saturated heterocycles. The number of hydrogen-bond acceptors (Lipinski definition) is 1. The van der Waals surface area contributed by atoms with Gasteiger partial charge in [0.1, 0.15) is 0 Å². The first-order valence-corrected chi connectivity index (χ1v) is 26.5. The monoisotopic (exact) mass is 958 g/mol. The van der Waals surface area contributed by atoms with Crippen LogP contribution in [0.4, 0.5) is 11.4 Å². The molecule has 0 bridgehead atoms. The van der Waals surface area contributed by atoms with Crippen molar-refractivity contribution in [2.75, 3.05) is 4.90 Å². The van der Waals surface area contributed by atoms with E-state index < -0.39 is 5.41 Å². The number of fused-ring (bicyclic) bond motifs is 6.